The first-order chi connectivity index (χ1) is 13.2. The second-order valence-electron chi connectivity index (χ2n) is 7.98. The van der Waals surface area contributed by atoms with Gasteiger partial charge in [0, 0.05) is 43.0 Å². The Balaban J connectivity index is 1.35. The number of H-pyrrole nitrogens is 1. The molecule has 4 rings (SSSR count). The molecule has 0 unspecified atom stereocenters. The van der Waals surface area contributed by atoms with Gasteiger partial charge in [0.25, 0.3) is 5.56 Å². The number of aromatic amines is 1. The summed E-state index contributed by atoms with van der Waals surface area (Å²) >= 11 is 0. The lowest BCUT2D eigenvalue weighted by atomic mass is 10.0. The van der Waals surface area contributed by atoms with Gasteiger partial charge in [0.1, 0.15) is 5.82 Å². The number of aryl methyl sites for hydroxylation is 1. The Labute approximate surface area is 161 Å². The van der Waals surface area contributed by atoms with Crippen molar-refractivity contribution in [2.75, 3.05) is 26.2 Å². The van der Waals surface area contributed by atoms with E-state index in [2.05, 4.69) is 51.0 Å². The highest BCUT2D eigenvalue weighted by atomic mass is 16.1. The van der Waals surface area contributed by atoms with Gasteiger partial charge in [-0.1, -0.05) is 44.0 Å². The van der Waals surface area contributed by atoms with Crippen molar-refractivity contribution in [2.45, 2.75) is 51.6 Å². The zero-order valence-electron chi connectivity index (χ0n) is 16.3. The Bertz CT molecular complexity index is 802. The summed E-state index contributed by atoms with van der Waals surface area (Å²) in [4.78, 5) is 24.5. The van der Waals surface area contributed by atoms with Gasteiger partial charge in [0.2, 0.25) is 0 Å². The van der Waals surface area contributed by atoms with Crippen molar-refractivity contribution in [3.63, 3.8) is 0 Å². The molecule has 27 heavy (non-hydrogen) atoms. The van der Waals surface area contributed by atoms with Crippen LogP contribution in [-0.2, 0) is 13.0 Å². The Kier molecular flexibility index (Phi) is 5.69. The first kappa shape index (κ1) is 18.4. The molecule has 0 amide bonds. The molecular weight excluding hydrogens is 336 g/mol. The van der Waals surface area contributed by atoms with E-state index in [9.17, 15) is 4.79 Å². The molecular formula is C22H30N4O. The molecule has 0 saturated carbocycles. The number of nitrogens with zero attached hydrogens (tertiary/aromatic N) is 3. The molecule has 0 spiro atoms. The lowest BCUT2D eigenvalue weighted by Crippen LogP contribution is -2.59. The second kappa shape index (κ2) is 8.36. The normalized spacial score (nSPS) is 19.1. The quantitative estimate of drug-likeness (QED) is 0.854. The van der Waals surface area contributed by atoms with Gasteiger partial charge >= 0.3 is 0 Å². The maximum Gasteiger partial charge on any atom is 0.251 e. The van der Waals surface area contributed by atoms with Crippen LogP contribution in [0.5, 0.6) is 0 Å². The summed E-state index contributed by atoms with van der Waals surface area (Å²) in [5.41, 5.74) is 3.09. The summed E-state index contributed by atoms with van der Waals surface area (Å²) in [6.45, 7) is 8.06. The fourth-order valence-corrected chi connectivity index (χ4v) is 4.24. The highest BCUT2D eigenvalue weighted by Gasteiger charge is 2.31. The van der Waals surface area contributed by atoms with Crippen molar-refractivity contribution in [2.24, 2.45) is 0 Å². The van der Waals surface area contributed by atoms with Crippen LogP contribution in [0.3, 0.4) is 0 Å². The zero-order chi connectivity index (χ0) is 18.6. The molecule has 0 radical (unpaired) electrons. The third kappa shape index (κ3) is 4.47. The third-order valence-corrected chi connectivity index (χ3v) is 5.78. The second-order valence-corrected chi connectivity index (χ2v) is 7.98. The van der Waals surface area contributed by atoms with Gasteiger partial charge in [-0.3, -0.25) is 14.6 Å². The number of piperidine rings is 1. The van der Waals surface area contributed by atoms with E-state index in [1.807, 2.05) is 0 Å². The van der Waals surface area contributed by atoms with E-state index < -0.39 is 0 Å². The van der Waals surface area contributed by atoms with Gasteiger partial charge in [-0.25, -0.2) is 4.98 Å². The summed E-state index contributed by atoms with van der Waals surface area (Å²) in [6, 6.07) is 10.8. The molecule has 1 N–H and O–H groups in total. The number of aromatic nitrogens is 2. The maximum absolute atomic E-state index is 11.9. The van der Waals surface area contributed by atoms with Crippen LogP contribution < -0.4 is 5.56 Å². The van der Waals surface area contributed by atoms with E-state index in [-0.39, 0.29) is 5.56 Å². The van der Waals surface area contributed by atoms with Crippen molar-refractivity contribution in [3.05, 3.63) is 51.9 Å². The Morgan fingerprint density at radius 3 is 2.56 bits per heavy atom. The van der Waals surface area contributed by atoms with Gasteiger partial charge in [-0.15, -0.1) is 0 Å². The van der Waals surface area contributed by atoms with Gasteiger partial charge < -0.3 is 4.98 Å². The number of hydrogen-bond donors (Lipinski definition) is 1. The highest BCUT2D eigenvalue weighted by Crippen LogP contribution is 2.22. The average Bonchev–Trinajstić information content (AvgIpc) is 2.65. The molecule has 0 aliphatic carbocycles. The fraction of sp³-hybridized carbons (Fsp3) is 0.545. The monoisotopic (exact) mass is 366 g/mol. The molecule has 144 valence electrons. The first-order valence-electron chi connectivity index (χ1n) is 10.4. The number of nitrogens with one attached hydrogen (secondary N) is 1. The molecule has 0 bridgehead atoms. The number of rotatable bonds is 6. The lowest BCUT2D eigenvalue weighted by molar-refractivity contribution is 0.0186. The van der Waals surface area contributed by atoms with Gasteiger partial charge in [0.15, 0.2) is 0 Å². The van der Waals surface area contributed by atoms with Crippen LogP contribution in [0, 0.1) is 0 Å². The SMILES string of the molecule is CCCc1cc(=O)[nH]c(-c2ccc(CN3CC(N4CCCCC4)C3)cc2)n1. The molecule has 5 nitrogen and oxygen atoms in total. The molecule has 2 saturated heterocycles. The number of hydrogen-bond acceptors (Lipinski definition) is 4. The molecule has 2 fully saturated rings. The van der Waals surface area contributed by atoms with Crippen LogP contribution in [0.4, 0.5) is 0 Å². The van der Waals surface area contributed by atoms with Gasteiger partial charge in [-0.05, 0) is 37.9 Å². The summed E-state index contributed by atoms with van der Waals surface area (Å²) in [6.07, 6.45) is 5.97. The van der Waals surface area contributed by atoms with E-state index in [1.54, 1.807) is 6.07 Å². The molecule has 2 aliphatic rings. The predicted molar refractivity (Wildman–Crippen MR) is 109 cm³/mol. The van der Waals surface area contributed by atoms with Crippen molar-refractivity contribution in [1.29, 1.82) is 0 Å². The van der Waals surface area contributed by atoms with Crippen LogP contribution in [-0.4, -0.2) is 52.0 Å². The standard InChI is InChI=1S/C22H30N4O/c1-2-6-19-13-21(27)24-22(23-19)18-9-7-17(8-10-18)14-25-15-20(16-25)26-11-4-3-5-12-26/h7-10,13,20H,2-6,11-12,14-16H2,1H3,(H,23,24,27). The zero-order valence-corrected chi connectivity index (χ0v) is 16.3. The van der Waals surface area contributed by atoms with Crippen molar-refractivity contribution in [1.82, 2.24) is 19.8 Å². The lowest BCUT2D eigenvalue weighted by Gasteiger charge is -2.46. The minimum atomic E-state index is -0.0724. The Hall–Kier alpha value is -1.98. The largest absolute Gasteiger partial charge is 0.307 e. The van der Waals surface area contributed by atoms with Crippen molar-refractivity contribution >= 4 is 0 Å². The summed E-state index contributed by atoms with van der Waals surface area (Å²) in [7, 11) is 0. The third-order valence-electron chi connectivity index (χ3n) is 5.78. The molecule has 2 aliphatic heterocycles. The maximum atomic E-state index is 11.9. The smallest absolute Gasteiger partial charge is 0.251 e. The molecule has 2 aromatic rings. The molecule has 3 heterocycles. The van der Waals surface area contributed by atoms with Crippen LogP contribution in [0.1, 0.15) is 43.9 Å². The average molecular weight is 367 g/mol. The predicted octanol–water partition coefficient (Wildman–Crippen LogP) is 3.06. The van der Waals surface area contributed by atoms with E-state index in [1.165, 1.54) is 51.0 Å². The fourth-order valence-electron chi connectivity index (χ4n) is 4.24. The van der Waals surface area contributed by atoms with E-state index >= 15 is 0 Å². The highest BCUT2D eigenvalue weighted by molar-refractivity contribution is 5.55. The number of likely N-dealkylation sites (tertiary alicyclic amines) is 2. The van der Waals surface area contributed by atoms with Crippen LogP contribution in [0.25, 0.3) is 11.4 Å². The van der Waals surface area contributed by atoms with Crippen LogP contribution in [0.15, 0.2) is 35.1 Å². The van der Waals surface area contributed by atoms with Crippen LogP contribution >= 0.6 is 0 Å². The Morgan fingerprint density at radius 1 is 1.11 bits per heavy atom. The van der Waals surface area contributed by atoms with Gasteiger partial charge in [0.05, 0.1) is 0 Å². The molecule has 5 heteroatoms. The molecule has 0 atom stereocenters. The summed E-state index contributed by atoms with van der Waals surface area (Å²) < 4.78 is 0. The molecule has 1 aromatic heterocycles. The van der Waals surface area contributed by atoms with E-state index in [0.29, 0.717) is 5.82 Å². The Morgan fingerprint density at radius 2 is 1.85 bits per heavy atom. The first-order valence-corrected chi connectivity index (χ1v) is 10.4. The molecule has 1 aromatic carbocycles. The van der Waals surface area contributed by atoms with E-state index in [0.717, 1.165) is 36.7 Å². The summed E-state index contributed by atoms with van der Waals surface area (Å²) in [5, 5.41) is 0. The minimum Gasteiger partial charge on any atom is -0.307 e. The summed E-state index contributed by atoms with van der Waals surface area (Å²) in [5.74, 6) is 0.673. The topological polar surface area (TPSA) is 52.2 Å². The number of benzene rings is 1. The van der Waals surface area contributed by atoms with Gasteiger partial charge in [-0.2, -0.15) is 0 Å². The van der Waals surface area contributed by atoms with Crippen molar-refractivity contribution < 1.29 is 0 Å². The van der Waals surface area contributed by atoms with E-state index in [4.69, 9.17) is 0 Å². The minimum absolute atomic E-state index is 0.0724. The van der Waals surface area contributed by atoms with Crippen molar-refractivity contribution in [3.8, 4) is 11.4 Å². The van der Waals surface area contributed by atoms with Crippen LogP contribution in [0.2, 0.25) is 0 Å².